The highest BCUT2D eigenvalue weighted by Gasteiger charge is 2.36. The first kappa shape index (κ1) is 55.5. The Balaban J connectivity index is 2.47. The molecule has 0 aliphatic carbocycles. The molecule has 0 spiro atoms. The summed E-state index contributed by atoms with van der Waals surface area (Å²) in [6.45, 7) is 3.11. The molecule has 0 fully saturated rings. The number of nitrogens with one attached hydrogen (secondary N) is 8. The number of carbonyl (C=O) groups is 10. The molecule has 2 rings (SSSR count). The fraction of sp³-hybridized carbons (Fsp3) is 0.537. The van der Waals surface area contributed by atoms with Gasteiger partial charge >= 0.3 is 17.9 Å². The number of aromatic nitrogens is 2. The number of amides is 7. The van der Waals surface area contributed by atoms with E-state index in [-0.39, 0.29) is 38.0 Å². The molecule has 66 heavy (non-hydrogen) atoms. The summed E-state index contributed by atoms with van der Waals surface area (Å²) in [6.07, 6.45) is 1.41. The Morgan fingerprint density at radius 1 is 0.667 bits per heavy atom. The van der Waals surface area contributed by atoms with E-state index in [2.05, 4.69) is 59.8 Å². The van der Waals surface area contributed by atoms with Gasteiger partial charge in [-0.15, -0.1) is 0 Å². The number of nitrogens with zero attached hydrogens (tertiary/aromatic N) is 1. The lowest BCUT2D eigenvalue weighted by molar-refractivity contribution is -0.143. The third kappa shape index (κ3) is 19.6. The molecule has 0 aliphatic rings. The topological polar surface area (TPSA) is 396 Å². The van der Waals surface area contributed by atoms with Gasteiger partial charge in [0.15, 0.2) is 0 Å². The van der Waals surface area contributed by atoms with E-state index in [1.165, 1.54) is 12.5 Å². The first-order valence-corrected chi connectivity index (χ1v) is 21.8. The maximum atomic E-state index is 14.2. The van der Waals surface area contributed by atoms with E-state index >= 15 is 0 Å². The van der Waals surface area contributed by atoms with Crippen LogP contribution in [0.5, 0.6) is 0 Å². The number of thiol groups is 1. The van der Waals surface area contributed by atoms with Crippen molar-refractivity contribution in [2.75, 3.05) is 18.8 Å². The number of nitrogens with two attached hydrogens (primary N) is 2. The minimum atomic E-state index is -1.85. The number of imidazole rings is 1. The second-order valence-electron chi connectivity index (χ2n) is 15.3. The molecule has 1 heterocycles. The standard InChI is InChI=1S/C41H61N11O13S/c1-3-22(2)34(52-36(59)26(12-13-32(54)55)46-31(53)18-43)40(63)47-25(11-7-8-14-42)35(58)48-27(15-23-9-5-4-6-10-23)37(60)50-29(17-33(56)57)39(62)49-28(16-24-19-44-21-45-24)38(61)51-30(20-66)41(64)65/h4-6,9-10,19,21-22,25-30,34,66H,3,7-8,11-18,20,42-43H2,1-2H3,(H,44,45)(H,46,53)(H,47,63)(H,48,58)(H,49,62)(H,50,60)(H,51,61)(H,52,59)(H,54,55)(H,56,57)(H,64,65)/t22-,25-,26-,27-,28-,29-,30-,34-/m0/s1. The SMILES string of the molecule is CC[C@H](C)[C@H](NC(=O)[C@H](CCC(=O)O)NC(=O)CN)C(=O)N[C@@H](CCCCN)C(=O)N[C@@H](Cc1ccccc1)C(=O)N[C@@H](CC(=O)O)C(=O)N[C@@H](Cc1cnc[nH]1)C(=O)N[C@@H](CS)C(=O)O. The molecule has 7 amide bonds. The number of unbranched alkanes of at least 4 members (excludes halogenated alkanes) is 1. The summed E-state index contributed by atoms with van der Waals surface area (Å²) >= 11 is 3.94. The lowest BCUT2D eigenvalue weighted by Crippen LogP contribution is -2.61. The number of benzene rings is 1. The summed E-state index contributed by atoms with van der Waals surface area (Å²) in [6, 6.07) is -2.06. The van der Waals surface area contributed by atoms with Gasteiger partial charge in [0, 0.05) is 36.9 Å². The van der Waals surface area contributed by atoms with Crippen LogP contribution in [0.3, 0.4) is 0 Å². The zero-order valence-electron chi connectivity index (χ0n) is 36.6. The number of aromatic amines is 1. The van der Waals surface area contributed by atoms with Gasteiger partial charge in [-0.05, 0) is 43.7 Å². The second kappa shape index (κ2) is 29.0. The van der Waals surface area contributed by atoms with Crippen molar-refractivity contribution < 1.29 is 63.3 Å². The fourth-order valence-electron chi connectivity index (χ4n) is 6.31. The maximum Gasteiger partial charge on any atom is 0.327 e. The molecule has 0 bridgehead atoms. The zero-order valence-corrected chi connectivity index (χ0v) is 37.5. The monoisotopic (exact) mass is 947 g/mol. The van der Waals surface area contributed by atoms with Gasteiger partial charge in [0.05, 0.1) is 19.3 Å². The summed E-state index contributed by atoms with van der Waals surface area (Å²) in [4.78, 5) is 136. The lowest BCUT2D eigenvalue weighted by Gasteiger charge is -2.29. The van der Waals surface area contributed by atoms with Crippen LogP contribution in [0.4, 0.5) is 0 Å². The number of carboxylic acids is 3. The molecule has 25 heteroatoms. The van der Waals surface area contributed by atoms with Gasteiger partial charge in [-0.1, -0.05) is 50.6 Å². The minimum Gasteiger partial charge on any atom is -0.481 e. The van der Waals surface area contributed by atoms with E-state index in [0.29, 0.717) is 30.5 Å². The lowest BCUT2D eigenvalue weighted by atomic mass is 9.96. The Labute approximate surface area is 385 Å². The summed E-state index contributed by atoms with van der Waals surface area (Å²) in [7, 11) is 0. The molecule has 0 aliphatic heterocycles. The van der Waals surface area contributed by atoms with Crippen LogP contribution in [0.25, 0.3) is 0 Å². The number of H-pyrrole nitrogens is 1. The Morgan fingerprint density at radius 2 is 1.21 bits per heavy atom. The number of rotatable bonds is 31. The Kier molecular flexibility index (Phi) is 24.4. The van der Waals surface area contributed by atoms with Crippen molar-refractivity contribution >= 4 is 71.9 Å². The van der Waals surface area contributed by atoms with Crippen LogP contribution < -0.4 is 48.7 Å². The molecular formula is C41H61N11O13S. The average molecular weight is 948 g/mol. The molecule has 0 radical (unpaired) electrons. The quantitative estimate of drug-likeness (QED) is 0.0266. The molecule has 0 unspecified atom stereocenters. The maximum absolute atomic E-state index is 14.2. The Hall–Kier alpha value is -6.60. The summed E-state index contributed by atoms with van der Waals surface area (Å²) in [5.41, 5.74) is 11.9. The van der Waals surface area contributed by atoms with E-state index in [4.69, 9.17) is 11.5 Å². The van der Waals surface area contributed by atoms with Crippen molar-refractivity contribution in [3.05, 3.63) is 54.1 Å². The third-order valence-corrected chi connectivity index (χ3v) is 10.6. The van der Waals surface area contributed by atoms with Crippen LogP contribution in [0.15, 0.2) is 42.9 Å². The molecule has 0 saturated carbocycles. The van der Waals surface area contributed by atoms with Gasteiger partial charge in [0.2, 0.25) is 41.4 Å². The molecule has 1 aromatic heterocycles. The summed E-state index contributed by atoms with van der Waals surface area (Å²) in [5, 5.41) is 45.6. The number of aliphatic carboxylic acids is 3. The van der Waals surface area contributed by atoms with E-state index in [1.54, 1.807) is 44.2 Å². The van der Waals surface area contributed by atoms with Crippen LogP contribution in [0.2, 0.25) is 0 Å². The van der Waals surface area contributed by atoms with Crippen LogP contribution in [-0.4, -0.2) is 146 Å². The van der Waals surface area contributed by atoms with Gasteiger partial charge in [0.25, 0.3) is 0 Å². The normalized spacial score (nSPS) is 14.6. The fourth-order valence-corrected chi connectivity index (χ4v) is 6.56. The van der Waals surface area contributed by atoms with Gasteiger partial charge in [-0.3, -0.25) is 43.2 Å². The highest BCUT2D eigenvalue weighted by molar-refractivity contribution is 7.80. The predicted molar refractivity (Wildman–Crippen MR) is 238 cm³/mol. The van der Waals surface area contributed by atoms with Gasteiger partial charge < -0.3 is 69.0 Å². The number of hydrogen-bond acceptors (Lipinski definition) is 14. The average Bonchev–Trinajstić information content (AvgIpc) is 3.80. The van der Waals surface area contributed by atoms with E-state index < -0.39 is 127 Å². The molecular weight excluding hydrogens is 887 g/mol. The molecule has 0 saturated heterocycles. The van der Waals surface area contributed by atoms with Crippen molar-refractivity contribution in [2.45, 2.75) is 114 Å². The Bertz CT molecular complexity index is 1960. The van der Waals surface area contributed by atoms with Crippen molar-refractivity contribution in [2.24, 2.45) is 17.4 Å². The van der Waals surface area contributed by atoms with Crippen molar-refractivity contribution in [3.63, 3.8) is 0 Å². The number of carbonyl (C=O) groups excluding carboxylic acids is 7. The smallest absolute Gasteiger partial charge is 0.327 e. The molecule has 2 aromatic rings. The Morgan fingerprint density at radius 3 is 1.74 bits per heavy atom. The van der Waals surface area contributed by atoms with Crippen LogP contribution >= 0.6 is 12.6 Å². The van der Waals surface area contributed by atoms with Crippen molar-refractivity contribution in [1.82, 2.24) is 47.2 Å². The van der Waals surface area contributed by atoms with Crippen LogP contribution in [-0.2, 0) is 60.8 Å². The van der Waals surface area contributed by atoms with Crippen molar-refractivity contribution in [3.8, 4) is 0 Å². The first-order chi connectivity index (χ1) is 31.3. The van der Waals surface area contributed by atoms with E-state index in [9.17, 15) is 63.3 Å². The molecule has 364 valence electrons. The van der Waals surface area contributed by atoms with E-state index in [0.717, 1.165) is 0 Å². The highest BCUT2D eigenvalue weighted by atomic mass is 32.1. The van der Waals surface area contributed by atoms with Gasteiger partial charge in [0.1, 0.15) is 42.3 Å². The number of carboxylic acid groups (broad SMARTS) is 3. The molecule has 15 N–H and O–H groups in total. The van der Waals surface area contributed by atoms with Crippen LogP contribution in [0.1, 0.15) is 70.1 Å². The molecule has 8 atom stereocenters. The number of hydrogen-bond donors (Lipinski definition) is 14. The summed E-state index contributed by atoms with van der Waals surface area (Å²) < 4.78 is 0. The van der Waals surface area contributed by atoms with Gasteiger partial charge in [-0.25, -0.2) is 9.78 Å². The summed E-state index contributed by atoms with van der Waals surface area (Å²) in [5.74, 6) is -11.5. The molecule has 1 aromatic carbocycles. The van der Waals surface area contributed by atoms with Crippen molar-refractivity contribution in [1.29, 1.82) is 0 Å². The zero-order chi connectivity index (χ0) is 49.3. The third-order valence-electron chi connectivity index (χ3n) is 10.2. The minimum absolute atomic E-state index is 0.0107. The first-order valence-electron chi connectivity index (χ1n) is 21.1. The van der Waals surface area contributed by atoms with Crippen LogP contribution in [0, 0.1) is 5.92 Å². The molecule has 24 nitrogen and oxygen atoms in total. The largest absolute Gasteiger partial charge is 0.481 e. The predicted octanol–water partition coefficient (Wildman–Crippen LogP) is -2.92. The second-order valence-corrected chi connectivity index (χ2v) is 15.7. The van der Waals surface area contributed by atoms with E-state index in [1.807, 2.05) is 0 Å². The highest BCUT2D eigenvalue weighted by Crippen LogP contribution is 2.13. The van der Waals surface area contributed by atoms with Gasteiger partial charge in [-0.2, -0.15) is 12.6 Å².